The van der Waals surface area contributed by atoms with Gasteiger partial charge in [-0.05, 0) is 35.1 Å². The molecule has 21 heavy (non-hydrogen) atoms. The molecule has 1 radical (unpaired) electrons. The summed E-state index contributed by atoms with van der Waals surface area (Å²) in [4.78, 5) is 14.2. The number of methoxy groups -OCH3 is 2. The molecular formula is C17H24NO3. The molecule has 0 aliphatic carbocycles. The van der Waals surface area contributed by atoms with Crippen molar-refractivity contribution < 1.29 is 14.3 Å². The number of amides is 1. The summed E-state index contributed by atoms with van der Waals surface area (Å²) in [5.74, 6) is 1.56. The Morgan fingerprint density at radius 3 is 2.24 bits per heavy atom. The lowest BCUT2D eigenvalue weighted by Crippen LogP contribution is -2.38. The number of carbonyl (C=O) groups is 1. The maximum absolute atomic E-state index is 12.3. The molecule has 0 N–H and O–H groups in total. The molecule has 0 spiro atoms. The largest absolute Gasteiger partial charge is 0.493 e. The van der Waals surface area contributed by atoms with Crippen LogP contribution >= 0.6 is 0 Å². The van der Waals surface area contributed by atoms with Gasteiger partial charge in [0.2, 0.25) is 5.91 Å². The van der Waals surface area contributed by atoms with Crippen LogP contribution in [-0.4, -0.2) is 31.6 Å². The Hall–Kier alpha value is -1.71. The average Bonchev–Trinajstić information content (AvgIpc) is 2.43. The van der Waals surface area contributed by atoms with Gasteiger partial charge >= 0.3 is 0 Å². The van der Waals surface area contributed by atoms with E-state index < -0.39 is 0 Å². The standard InChI is InChI=1S/C17H24NO3/c1-17(2,3)10-16(19)18-7-6-12-8-14(20-4)15(21-5)9-13(12)11-18/h8-10H,6-7,11H2,1-5H3. The van der Waals surface area contributed by atoms with Gasteiger partial charge in [0.25, 0.3) is 0 Å². The predicted octanol–water partition coefficient (Wildman–Crippen LogP) is 2.84. The van der Waals surface area contributed by atoms with Crippen molar-refractivity contribution in [1.82, 2.24) is 4.90 Å². The summed E-state index contributed by atoms with van der Waals surface area (Å²) in [6.07, 6.45) is 2.64. The Balaban J connectivity index is 2.18. The van der Waals surface area contributed by atoms with Crippen molar-refractivity contribution in [2.75, 3.05) is 20.8 Å². The molecule has 115 valence electrons. The molecule has 1 aliphatic rings. The Bertz CT molecular complexity index is 532. The maximum atomic E-state index is 12.3. The average molecular weight is 290 g/mol. The molecule has 4 nitrogen and oxygen atoms in total. The van der Waals surface area contributed by atoms with Crippen LogP contribution in [0.2, 0.25) is 0 Å². The van der Waals surface area contributed by atoms with Crippen LogP contribution in [0, 0.1) is 11.8 Å². The molecule has 4 heteroatoms. The zero-order valence-corrected chi connectivity index (χ0v) is 13.5. The molecular weight excluding hydrogens is 266 g/mol. The first-order valence-corrected chi connectivity index (χ1v) is 7.22. The lowest BCUT2D eigenvalue weighted by molar-refractivity contribution is -0.129. The minimum absolute atomic E-state index is 0.0999. The number of hydrogen-bond donors (Lipinski definition) is 0. The number of nitrogens with zero attached hydrogens (tertiary/aromatic N) is 1. The Morgan fingerprint density at radius 2 is 1.71 bits per heavy atom. The second-order valence-electron chi connectivity index (χ2n) is 6.50. The Labute approximate surface area is 127 Å². The normalized spacial score (nSPS) is 14.6. The van der Waals surface area contributed by atoms with Crippen molar-refractivity contribution in [2.24, 2.45) is 5.41 Å². The van der Waals surface area contributed by atoms with Crippen LogP contribution in [0.1, 0.15) is 31.9 Å². The number of rotatable bonds is 3. The molecule has 1 aromatic carbocycles. The van der Waals surface area contributed by atoms with Crippen LogP contribution in [0.4, 0.5) is 0 Å². The van der Waals surface area contributed by atoms with Crippen molar-refractivity contribution in [3.05, 3.63) is 29.7 Å². The van der Waals surface area contributed by atoms with Crippen LogP contribution in [0.5, 0.6) is 11.5 Å². The summed E-state index contributed by atoms with van der Waals surface area (Å²) < 4.78 is 10.7. The summed E-state index contributed by atoms with van der Waals surface area (Å²) in [7, 11) is 3.27. The van der Waals surface area contributed by atoms with E-state index in [-0.39, 0.29) is 11.3 Å². The molecule has 0 atom stereocenters. The lowest BCUT2D eigenvalue weighted by atomic mass is 9.90. The summed E-state index contributed by atoms with van der Waals surface area (Å²) in [6.45, 7) is 7.49. The molecule has 0 saturated carbocycles. The molecule has 1 amide bonds. The predicted molar refractivity (Wildman–Crippen MR) is 82.4 cm³/mol. The van der Waals surface area contributed by atoms with Gasteiger partial charge in [-0.3, -0.25) is 4.79 Å². The molecule has 1 heterocycles. The smallest absolute Gasteiger partial charge is 0.227 e. The molecule has 0 saturated heterocycles. The van der Waals surface area contributed by atoms with E-state index in [4.69, 9.17) is 9.47 Å². The second-order valence-corrected chi connectivity index (χ2v) is 6.50. The van der Waals surface area contributed by atoms with E-state index in [1.165, 1.54) is 5.56 Å². The molecule has 1 aliphatic heterocycles. The van der Waals surface area contributed by atoms with Crippen molar-refractivity contribution in [1.29, 1.82) is 0 Å². The van der Waals surface area contributed by atoms with Gasteiger partial charge in [-0.1, -0.05) is 20.8 Å². The van der Waals surface area contributed by atoms with Gasteiger partial charge in [0.1, 0.15) is 0 Å². The highest BCUT2D eigenvalue weighted by Crippen LogP contribution is 2.33. The van der Waals surface area contributed by atoms with E-state index in [2.05, 4.69) is 0 Å². The van der Waals surface area contributed by atoms with Crippen LogP contribution in [0.15, 0.2) is 12.1 Å². The first-order chi connectivity index (χ1) is 9.84. The lowest BCUT2D eigenvalue weighted by Gasteiger charge is -2.31. The molecule has 0 unspecified atom stereocenters. The van der Waals surface area contributed by atoms with E-state index >= 15 is 0 Å². The van der Waals surface area contributed by atoms with Crippen LogP contribution in [0.3, 0.4) is 0 Å². The number of benzene rings is 1. The third kappa shape index (κ3) is 3.69. The fourth-order valence-corrected chi connectivity index (χ4v) is 2.53. The topological polar surface area (TPSA) is 38.8 Å². The van der Waals surface area contributed by atoms with Crippen molar-refractivity contribution >= 4 is 5.91 Å². The van der Waals surface area contributed by atoms with E-state index in [0.29, 0.717) is 12.3 Å². The van der Waals surface area contributed by atoms with Gasteiger partial charge in [0.05, 0.1) is 20.6 Å². The third-order valence-electron chi connectivity index (χ3n) is 3.59. The second kappa shape index (κ2) is 5.96. The Kier molecular flexibility index (Phi) is 4.45. The van der Waals surface area contributed by atoms with Crippen molar-refractivity contribution in [3.8, 4) is 11.5 Å². The number of ether oxygens (including phenoxy) is 2. The molecule has 2 rings (SSSR count). The third-order valence-corrected chi connectivity index (χ3v) is 3.59. The zero-order valence-electron chi connectivity index (χ0n) is 13.5. The minimum Gasteiger partial charge on any atom is -0.493 e. The van der Waals surface area contributed by atoms with Crippen molar-refractivity contribution in [3.63, 3.8) is 0 Å². The molecule has 0 aromatic heterocycles. The number of hydrogen-bond acceptors (Lipinski definition) is 3. The minimum atomic E-state index is -0.102. The maximum Gasteiger partial charge on any atom is 0.227 e. The monoisotopic (exact) mass is 290 g/mol. The fraction of sp³-hybridized carbons (Fsp3) is 0.529. The van der Waals surface area contributed by atoms with Crippen molar-refractivity contribution in [2.45, 2.75) is 33.7 Å². The number of carbonyl (C=O) groups excluding carboxylic acids is 1. The van der Waals surface area contributed by atoms with E-state index in [1.807, 2.05) is 37.8 Å². The molecule has 1 aromatic rings. The van der Waals surface area contributed by atoms with Crippen LogP contribution < -0.4 is 9.47 Å². The quantitative estimate of drug-likeness (QED) is 0.859. The highest BCUT2D eigenvalue weighted by Gasteiger charge is 2.26. The van der Waals surface area contributed by atoms with Gasteiger partial charge in [-0.2, -0.15) is 0 Å². The van der Waals surface area contributed by atoms with Gasteiger partial charge in [0, 0.05) is 13.1 Å². The Morgan fingerprint density at radius 1 is 1.14 bits per heavy atom. The van der Waals surface area contributed by atoms with E-state index in [9.17, 15) is 4.79 Å². The summed E-state index contributed by atoms with van der Waals surface area (Å²) in [5.41, 5.74) is 2.26. The van der Waals surface area contributed by atoms with E-state index in [0.717, 1.165) is 24.3 Å². The first kappa shape index (κ1) is 15.7. The summed E-state index contributed by atoms with van der Waals surface area (Å²) >= 11 is 0. The highest BCUT2D eigenvalue weighted by atomic mass is 16.5. The fourth-order valence-electron chi connectivity index (χ4n) is 2.53. The van der Waals surface area contributed by atoms with E-state index in [1.54, 1.807) is 20.6 Å². The van der Waals surface area contributed by atoms with Gasteiger partial charge < -0.3 is 14.4 Å². The first-order valence-electron chi connectivity index (χ1n) is 7.22. The highest BCUT2D eigenvalue weighted by molar-refractivity contribution is 5.85. The molecule has 0 fully saturated rings. The SMILES string of the molecule is COc1cc2c(cc1OC)CN(C(=O)[CH]C(C)(C)C)CC2. The molecule has 0 bridgehead atoms. The van der Waals surface area contributed by atoms with Gasteiger partial charge in [0.15, 0.2) is 11.5 Å². The zero-order chi connectivity index (χ0) is 15.6. The number of fused-ring (bicyclic) bond motifs is 1. The van der Waals surface area contributed by atoms with Gasteiger partial charge in [-0.25, -0.2) is 0 Å². The summed E-state index contributed by atoms with van der Waals surface area (Å²) in [5, 5.41) is 0. The van der Waals surface area contributed by atoms with Crippen LogP contribution in [0.25, 0.3) is 0 Å². The van der Waals surface area contributed by atoms with Gasteiger partial charge in [-0.15, -0.1) is 0 Å². The van der Waals surface area contributed by atoms with Crippen LogP contribution in [-0.2, 0) is 17.8 Å². The summed E-state index contributed by atoms with van der Waals surface area (Å²) in [6, 6.07) is 3.99.